The van der Waals surface area contributed by atoms with Crippen molar-refractivity contribution < 1.29 is 19.8 Å². The van der Waals surface area contributed by atoms with Crippen LogP contribution in [0, 0.1) is 6.92 Å². The average molecular weight is 329 g/mol. The van der Waals surface area contributed by atoms with Crippen molar-refractivity contribution in [3.8, 4) is 5.75 Å². The number of hydrogen-bond donors (Lipinski definition) is 4. The van der Waals surface area contributed by atoms with Crippen molar-refractivity contribution in [1.29, 1.82) is 0 Å². The van der Waals surface area contributed by atoms with E-state index >= 15 is 0 Å². The maximum Gasteiger partial charge on any atom is 0.260 e. The van der Waals surface area contributed by atoms with Crippen LogP contribution in [-0.4, -0.2) is 46.2 Å². The van der Waals surface area contributed by atoms with Crippen molar-refractivity contribution in [1.82, 2.24) is 10.2 Å². The molecule has 2 amide bonds. The number of amides is 2. The van der Waals surface area contributed by atoms with Crippen molar-refractivity contribution in [2.45, 2.75) is 25.6 Å². The molecule has 2 aliphatic heterocycles. The number of benzene rings is 1. The monoisotopic (exact) mass is 329 g/mol. The van der Waals surface area contributed by atoms with Gasteiger partial charge in [-0.2, -0.15) is 0 Å². The van der Waals surface area contributed by atoms with Gasteiger partial charge in [0.25, 0.3) is 5.91 Å². The van der Waals surface area contributed by atoms with Crippen molar-refractivity contribution >= 4 is 17.5 Å². The molecule has 0 spiro atoms. The fourth-order valence-electron chi connectivity index (χ4n) is 2.92. The number of phenols is 1. The van der Waals surface area contributed by atoms with Crippen LogP contribution in [0.25, 0.3) is 0 Å². The van der Waals surface area contributed by atoms with Crippen molar-refractivity contribution in [2.75, 3.05) is 12.4 Å². The molecule has 24 heavy (non-hydrogen) atoms. The van der Waals surface area contributed by atoms with Gasteiger partial charge in [0.2, 0.25) is 5.91 Å². The molecule has 0 bridgehead atoms. The first-order valence-corrected chi connectivity index (χ1v) is 7.62. The van der Waals surface area contributed by atoms with E-state index in [0.717, 1.165) is 5.57 Å². The summed E-state index contributed by atoms with van der Waals surface area (Å²) in [6.45, 7) is 1.72. The zero-order valence-electron chi connectivity index (χ0n) is 13.4. The molecule has 1 aromatic rings. The summed E-state index contributed by atoms with van der Waals surface area (Å²) in [6, 6.07) is 2.78. The highest BCUT2D eigenvalue weighted by Gasteiger charge is 2.39. The lowest BCUT2D eigenvalue weighted by Gasteiger charge is -2.24. The minimum absolute atomic E-state index is 0.0372. The molecule has 2 atom stereocenters. The number of aliphatic hydroxyl groups is 1. The highest BCUT2D eigenvalue weighted by molar-refractivity contribution is 6.03. The van der Waals surface area contributed by atoms with Gasteiger partial charge in [-0.1, -0.05) is 12.1 Å². The van der Waals surface area contributed by atoms with E-state index in [1.807, 2.05) is 0 Å². The number of nitrogens with one attached hydrogen (secondary N) is 2. The summed E-state index contributed by atoms with van der Waals surface area (Å²) in [7, 11) is 1.53. The molecule has 7 heteroatoms. The maximum absolute atomic E-state index is 12.8. The zero-order valence-corrected chi connectivity index (χ0v) is 13.4. The molecule has 0 fully saturated rings. The standard InChI is InChI=1S/C17H19N3O4/c1-9-3-5-11-14(15(9)22)19-16(23)12-7-10(4-6-13(21)18-2)8-20(12)17(11)24/h3-6,8,12,16,19,22-23H,7H2,1-2H3,(H,18,21)/b6-4+/t12-,16+/m0/s1. The van der Waals surface area contributed by atoms with E-state index in [9.17, 15) is 19.8 Å². The third kappa shape index (κ3) is 2.63. The highest BCUT2D eigenvalue weighted by Crippen LogP contribution is 2.38. The Labute approximate surface area is 139 Å². The molecular weight excluding hydrogens is 310 g/mol. The molecule has 2 aliphatic rings. The number of rotatable bonds is 2. The number of carbonyl (C=O) groups excluding carboxylic acids is 2. The van der Waals surface area contributed by atoms with Crippen molar-refractivity contribution in [3.63, 3.8) is 0 Å². The van der Waals surface area contributed by atoms with Gasteiger partial charge in [-0.3, -0.25) is 9.59 Å². The summed E-state index contributed by atoms with van der Waals surface area (Å²) < 4.78 is 0. The topological polar surface area (TPSA) is 102 Å². The predicted octanol–water partition coefficient (Wildman–Crippen LogP) is 0.845. The first-order valence-electron chi connectivity index (χ1n) is 7.62. The van der Waals surface area contributed by atoms with Gasteiger partial charge in [-0.05, 0) is 30.5 Å². The molecule has 0 saturated carbocycles. The Morgan fingerprint density at radius 3 is 2.92 bits per heavy atom. The summed E-state index contributed by atoms with van der Waals surface area (Å²) in [5.74, 6) is -0.587. The van der Waals surface area contributed by atoms with Crippen molar-refractivity contribution in [3.05, 3.63) is 47.2 Å². The molecule has 0 radical (unpaired) electrons. The van der Waals surface area contributed by atoms with E-state index in [4.69, 9.17) is 0 Å². The zero-order chi connectivity index (χ0) is 17.4. The van der Waals surface area contributed by atoms with Crippen LogP contribution < -0.4 is 10.6 Å². The van der Waals surface area contributed by atoms with Crippen LogP contribution in [0.4, 0.5) is 5.69 Å². The number of hydrogen-bond acceptors (Lipinski definition) is 5. The molecular formula is C17H19N3O4. The van der Waals surface area contributed by atoms with Gasteiger partial charge in [-0.25, -0.2) is 0 Å². The number of fused-ring (bicyclic) bond motifs is 2. The number of carbonyl (C=O) groups is 2. The Balaban J connectivity index is 1.96. The highest BCUT2D eigenvalue weighted by atomic mass is 16.3. The molecule has 0 aliphatic carbocycles. The normalized spacial score (nSPS) is 22.5. The molecule has 4 N–H and O–H groups in total. The van der Waals surface area contributed by atoms with Crippen LogP contribution in [-0.2, 0) is 4.79 Å². The lowest BCUT2D eigenvalue weighted by Crippen LogP contribution is -2.42. The van der Waals surface area contributed by atoms with Crippen LogP contribution in [0.2, 0.25) is 0 Å². The van der Waals surface area contributed by atoms with Gasteiger partial charge < -0.3 is 25.7 Å². The molecule has 126 valence electrons. The fourth-order valence-corrected chi connectivity index (χ4v) is 2.92. The van der Waals surface area contributed by atoms with Crippen LogP contribution in [0.5, 0.6) is 5.75 Å². The van der Waals surface area contributed by atoms with Gasteiger partial charge >= 0.3 is 0 Å². The molecule has 3 rings (SSSR count). The summed E-state index contributed by atoms with van der Waals surface area (Å²) in [4.78, 5) is 25.5. The number of phenolic OH excluding ortho intramolecular Hbond substituents is 1. The Morgan fingerprint density at radius 1 is 1.46 bits per heavy atom. The van der Waals surface area contributed by atoms with Crippen LogP contribution in [0.1, 0.15) is 22.3 Å². The van der Waals surface area contributed by atoms with Crippen molar-refractivity contribution in [2.24, 2.45) is 0 Å². The van der Waals surface area contributed by atoms with Gasteiger partial charge in [0.15, 0.2) is 0 Å². The summed E-state index contributed by atoms with van der Waals surface area (Å²) in [6.07, 6.45) is 4.00. The number of likely N-dealkylation sites (N-methyl/N-ethyl adjacent to an activating group) is 1. The third-order valence-corrected chi connectivity index (χ3v) is 4.30. The summed E-state index contributed by atoms with van der Waals surface area (Å²) in [5, 5.41) is 25.9. The minimum atomic E-state index is -1.04. The molecule has 0 unspecified atom stereocenters. The van der Waals surface area contributed by atoms with Crippen LogP contribution >= 0.6 is 0 Å². The summed E-state index contributed by atoms with van der Waals surface area (Å²) >= 11 is 0. The molecule has 1 aromatic carbocycles. The molecule has 0 aromatic heterocycles. The van der Waals surface area contributed by atoms with Gasteiger partial charge in [0.05, 0.1) is 17.3 Å². The number of allylic oxidation sites excluding steroid dienone is 1. The van der Waals surface area contributed by atoms with E-state index in [0.29, 0.717) is 17.5 Å². The molecule has 7 nitrogen and oxygen atoms in total. The third-order valence-electron chi connectivity index (χ3n) is 4.30. The quantitative estimate of drug-likeness (QED) is 0.476. The van der Waals surface area contributed by atoms with Gasteiger partial charge in [-0.15, -0.1) is 0 Å². The Bertz CT molecular complexity index is 769. The van der Waals surface area contributed by atoms with E-state index < -0.39 is 12.3 Å². The number of aromatic hydroxyl groups is 1. The van der Waals surface area contributed by atoms with Gasteiger partial charge in [0.1, 0.15) is 12.0 Å². The number of anilines is 1. The molecule has 2 heterocycles. The maximum atomic E-state index is 12.8. The second kappa shape index (κ2) is 6.01. The average Bonchev–Trinajstić information content (AvgIpc) is 2.97. The minimum Gasteiger partial charge on any atom is -0.505 e. The lowest BCUT2D eigenvalue weighted by atomic mass is 10.1. The first kappa shape index (κ1) is 16.1. The largest absolute Gasteiger partial charge is 0.505 e. The summed E-state index contributed by atoms with van der Waals surface area (Å²) in [5.41, 5.74) is 1.93. The van der Waals surface area contributed by atoms with Gasteiger partial charge in [0, 0.05) is 19.3 Å². The number of aryl methyl sites for hydroxylation is 1. The van der Waals surface area contributed by atoms with E-state index in [1.165, 1.54) is 18.0 Å². The number of aliphatic hydroxyl groups excluding tert-OH is 1. The SMILES string of the molecule is CNC(=O)/C=C/C1=CN2C(=O)c3ccc(C)c(O)c3N[C@H](O)[C@@H]2C1. The molecule has 0 saturated heterocycles. The number of nitrogens with zero attached hydrogens (tertiary/aromatic N) is 1. The predicted molar refractivity (Wildman–Crippen MR) is 88.3 cm³/mol. The first-order chi connectivity index (χ1) is 11.4. The Kier molecular flexibility index (Phi) is 4.02. The lowest BCUT2D eigenvalue weighted by molar-refractivity contribution is -0.116. The van der Waals surface area contributed by atoms with Crippen LogP contribution in [0.3, 0.4) is 0 Å². The second-order valence-electron chi connectivity index (χ2n) is 5.88. The Morgan fingerprint density at radius 2 is 2.21 bits per heavy atom. The fraction of sp³-hybridized carbons (Fsp3) is 0.294. The Hall–Kier alpha value is -2.80. The van der Waals surface area contributed by atoms with E-state index in [-0.39, 0.29) is 23.3 Å². The van der Waals surface area contributed by atoms with E-state index in [1.54, 1.807) is 31.3 Å². The van der Waals surface area contributed by atoms with Crippen LogP contribution in [0.15, 0.2) is 36.1 Å². The smallest absolute Gasteiger partial charge is 0.260 e. The van der Waals surface area contributed by atoms with E-state index in [2.05, 4.69) is 10.6 Å². The second-order valence-corrected chi connectivity index (χ2v) is 5.88.